The van der Waals surface area contributed by atoms with Gasteiger partial charge in [-0.05, 0) is 84.4 Å². The van der Waals surface area contributed by atoms with Gasteiger partial charge in [0.05, 0.1) is 33.3 Å². The predicted octanol–water partition coefficient (Wildman–Crippen LogP) is 13.1. The van der Waals surface area contributed by atoms with Gasteiger partial charge in [0.15, 0.2) is 0 Å². The molecule has 264 valence electrons. The number of para-hydroxylation sites is 5. The maximum Gasteiger partial charge on any atom is 0.138 e. The van der Waals surface area contributed by atoms with Crippen LogP contribution in [0, 0.1) is 0 Å². The van der Waals surface area contributed by atoms with Crippen LogP contribution in [0.3, 0.4) is 0 Å². The van der Waals surface area contributed by atoms with E-state index in [-0.39, 0.29) is 6.17 Å². The van der Waals surface area contributed by atoms with Gasteiger partial charge < -0.3 is 19.4 Å². The molecule has 0 fully saturated rings. The van der Waals surface area contributed by atoms with E-state index in [0.717, 1.165) is 34.1 Å². The first-order valence-corrected chi connectivity index (χ1v) is 19.2. The summed E-state index contributed by atoms with van der Waals surface area (Å²) >= 11 is 0. The van der Waals surface area contributed by atoms with Crippen molar-refractivity contribution in [2.75, 3.05) is 10.2 Å². The van der Waals surface area contributed by atoms with Crippen molar-refractivity contribution < 1.29 is 0 Å². The van der Waals surface area contributed by atoms with Crippen molar-refractivity contribution in [3.63, 3.8) is 0 Å². The van der Waals surface area contributed by atoms with Gasteiger partial charge in [0.25, 0.3) is 0 Å². The molecule has 56 heavy (non-hydrogen) atoms. The van der Waals surface area contributed by atoms with Gasteiger partial charge in [-0.15, -0.1) is 0 Å². The molecule has 0 spiro atoms. The van der Waals surface area contributed by atoms with Gasteiger partial charge in [0, 0.05) is 49.7 Å². The monoisotopic (exact) mass is 717 g/mol. The SMILES string of the molecule is c1ccc(C2Nc3c(c4cc5c6ccccc6n(-c6ccc7c(c6)c6ccccc6n7-c6ccccc6)c5cc4n3-c3ccccc3)N2c2ccccc2)cc1. The lowest BCUT2D eigenvalue weighted by molar-refractivity contribution is 0.823. The summed E-state index contributed by atoms with van der Waals surface area (Å²) in [6.45, 7) is 0. The minimum Gasteiger partial charge on any atom is -0.345 e. The van der Waals surface area contributed by atoms with Crippen LogP contribution < -0.4 is 10.2 Å². The molecule has 0 radical (unpaired) electrons. The van der Waals surface area contributed by atoms with Crippen molar-refractivity contribution in [3.05, 3.63) is 206 Å². The van der Waals surface area contributed by atoms with Gasteiger partial charge >= 0.3 is 0 Å². The zero-order chi connectivity index (χ0) is 36.7. The van der Waals surface area contributed by atoms with Crippen LogP contribution in [-0.4, -0.2) is 13.7 Å². The summed E-state index contributed by atoms with van der Waals surface area (Å²) in [5, 5.41) is 10.2. The number of hydrogen-bond acceptors (Lipinski definition) is 2. The van der Waals surface area contributed by atoms with Crippen molar-refractivity contribution in [1.82, 2.24) is 13.7 Å². The Morgan fingerprint density at radius 2 is 0.804 bits per heavy atom. The summed E-state index contributed by atoms with van der Waals surface area (Å²) in [6, 6.07) is 72.4. The Bertz CT molecular complexity index is 3270. The Balaban J connectivity index is 1.16. The molecule has 4 heterocycles. The predicted molar refractivity (Wildman–Crippen MR) is 233 cm³/mol. The van der Waals surface area contributed by atoms with Gasteiger partial charge in [0.1, 0.15) is 12.0 Å². The molecule has 0 aliphatic carbocycles. The second-order valence-corrected chi connectivity index (χ2v) is 14.7. The third-order valence-electron chi connectivity index (χ3n) is 11.6. The van der Waals surface area contributed by atoms with Crippen molar-refractivity contribution in [1.29, 1.82) is 0 Å². The summed E-state index contributed by atoms with van der Waals surface area (Å²) in [5.74, 6) is 1.09. The molecule has 3 aromatic heterocycles. The molecule has 1 N–H and O–H groups in total. The summed E-state index contributed by atoms with van der Waals surface area (Å²) < 4.78 is 7.26. The second-order valence-electron chi connectivity index (χ2n) is 14.7. The average Bonchev–Trinajstić information content (AvgIpc) is 3.99. The maximum atomic E-state index is 4.02. The van der Waals surface area contributed by atoms with Crippen LogP contribution in [0.5, 0.6) is 0 Å². The third-order valence-corrected chi connectivity index (χ3v) is 11.6. The van der Waals surface area contributed by atoms with Crippen LogP contribution in [0.2, 0.25) is 0 Å². The van der Waals surface area contributed by atoms with Crippen molar-refractivity contribution in [2.24, 2.45) is 0 Å². The molecule has 0 saturated heterocycles. The molecule has 1 aliphatic rings. The molecule has 12 rings (SSSR count). The molecule has 0 bridgehead atoms. The molecule has 1 aliphatic heterocycles. The Hall–Kier alpha value is -7.50. The van der Waals surface area contributed by atoms with Gasteiger partial charge in [-0.1, -0.05) is 121 Å². The summed E-state index contributed by atoms with van der Waals surface area (Å²) in [5.41, 5.74) is 12.8. The normalized spacial score (nSPS) is 14.0. The van der Waals surface area contributed by atoms with Crippen LogP contribution in [0.25, 0.3) is 71.6 Å². The van der Waals surface area contributed by atoms with Crippen molar-refractivity contribution in [3.8, 4) is 17.1 Å². The smallest absolute Gasteiger partial charge is 0.138 e. The highest BCUT2D eigenvalue weighted by Crippen LogP contribution is 2.53. The van der Waals surface area contributed by atoms with Crippen LogP contribution in [0.4, 0.5) is 17.2 Å². The lowest BCUT2D eigenvalue weighted by atomic mass is 10.1. The highest BCUT2D eigenvalue weighted by molar-refractivity contribution is 6.18. The number of fused-ring (bicyclic) bond motifs is 9. The van der Waals surface area contributed by atoms with E-state index < -0.39 is 0 Å². The van der Waals surface area contributed by atoms with Gasteiger partial charge in [-0.25, -0.2) is 0 Å². The van der Waals surface area contributed by atoms with Crippen LogP contribution in [0.15, 0.2) is 200 Å². The quantitative estimate of drug-likeness (QED) is 0.192. The molecular formula is C51H35N5. The van der Waals surface area contributed by atoms with E-state index in [1.54, 1.807) is 0 Å². The number of nitrogens with zero attached hydrogens (tertiary/aromatic N) is 4. The fourth-order valence-electron chi connectivity index (χ4n) is 9.25. The standard InChI is InChI=1S/C51H35N5/c1-5-17-34(18-6-1)50-52-51-49(56(50)37-23-11-4-12-24-37)43-32-42-40-26-14-16-28-45(40)54(47(42)33-48(43)55(51)36-21-9-3-10-22-36)38-29-30-46-41(31-38)39-25-13-15-27-44(39)53(46)35-19-7-2-8-20-35/h1-33,50,52H. The van der Waals surface area contributed by atoms with Gasteiger partial charge in [0.2, 0.25) is 0 Å². The second kappa shape index (κ2) is 12.0. The number of rotatable bonds is 5. The summed E-state index contributed by atoms with van der Waals surface area (Å²) in [4.78, 5) is 2.48. The fraction of sp³-hybridized carbons (Fsp3) is 0.0196. The van der Waals surface area contributed by atoms with E-state index in [0.29, 0.717) is 0 Å². The molecule has 5 heteroatoms. The fourth-order valence-corrected chi connectivity index (χ4v) is 9.25. The number of hydrogen-bond donors (Lipinski definition) is 1. The molecule has 0 amide bonds. The van der Waals surface area contributed by atoms with Crippen LogP contribution >= 0.6 is 0 Å². The first-order chi connectivity index (χ1) is 27.8. The summed E-state index contributed by atoms with van der Waals surface area (Å²) in [6.07, 6.45) is -0.0789. The molecular weight excluding hydrogens is 683 g/mol. The highest BCUT2D eigenvalue weighted by atomic mass is 15.4. The minimum atomic E-state index is -0.0789. The molecule has 5 nitrogen and oxygen atoms in total. The number of nitrogens with one attached hydrogen (secondary N) is 1. The van der Waals surface area contributed by atoms with Gasteiger partial charge in [-0.2, -0.15) is 0 Å². The summed E-state index contributed by atoms with van der Waals surface area (Å²) in [7, 11) is 0. The third kappa shape index (κ3) is 4.42. The Morgan fingerprint density at radius 1 is 0.321 bits per heavy atom. The van der Waals surface area contributed by atoms with Crippen LogP contribution in [-0.2, 0) is 0 Å². The van der Waals surface area contributed by atoms with Crippen LogP contribution in [0.1, 0.15) is 11.7 Å². The van der Waals surface area contributed by atoms with E-state index in [2.05, 4.69) is 224 Å². The van der Waals surface area contributed by atoms with E-state index in [9.17, 15) is 0 Å². The molecule has 8 aromatic carbocycles. The number of aromatic nitrogens is 3. The number of benzene rings is 8. The lowest BCUT2D eigenvalue weighted by Crippen LogP contribution is -2.24. The number of anilines is 3. The largest absolute Gasteiger partial charge is 0.345 e. The Labute approximate surface area is 323 Å². The lowest BCUT2D eigenvalue weighted by Gasteiger charge is -2.28. The highest BCUT2D eigenvalue weighted by Gasteiger charge is 2.37. The molecule has 11 aromatic rings. The first-order valence-electron chi connectivity index (χ1n) is 19.2. The van der Waals surface area contributed by atoms with Crippen molar-refractivity contribution >= 4 is 71.7 Å². The van der Waals surface area contributed by atoms with E-state index >= 15 is 0 Å². The van der Waals surface area contributed by atoms with E-state index in [1.165, 1.54) is 60.2 Å². The topological polar surface area (TPSA) is 30.1 Å². The average molecular weight is 718 g/mol. The van der Waals surface area contributed by atoms with E-state index in [4.69, 9.17) is 0 Å². The van der Waals surface area contributed by atoms with Crippen molar-refractivity contribution in [2.45, 2.75) is 6.17 Å². The van der Waals surface area contributed by atoms with Gasteiger partial charge in [-0.3, -0.25) is 4.57 Å². The zero-order valence-electron chi connectivity index (χ0n) is 30.4. The molecule has 1 unspecified atom stereocenters. The Kier molecular flexibility index (Phi) is 6.63. The first kappa shape index (κ1) is 30.9. The Morgan fingerprint density at radius 3 is 1.45 bits per heavy atom. The van der Waals surface area contributed by atoms with E-state index in [1.807, 2.05) is 0 Å². The molecule has 0 saturated carbocycles. The zero-order valence-corrected chi connectivity index (χ0v) is 30.4. The molecule has 1 atom stereocenters. The minimum absolute atomic E-state index is 0.0789. The maximum absolute atomic E-state index is 4.02.